The van der Waals surface area contributed by atoms with Gasteiger partial charge in [0.2, 0.25) is 6.41 Å². The molecule has 0 unspecified atom stereocenters. The van der Waals surface area contributed by atoms with E-state index < -0.39 is 0 Å². The molecule has 0 aromatic heterocycles. The maximum absolute atomic E-state index is 11.7. The molecule has 2 N–H and O–H groups in total. The van der Waals surface area contributed by atoms with Crippen LogP contribution in [0, 0.1) is 6.92 Å². The van der Waals surface area contributed by atoms with E-state index >= 15 is 0 Å². The Morgan fingerprint density at radius 3 is 1.97 bits per heavy atom. The minimum atomic E-state index is -0.152. The van der Waals surface area contributed by atoms with E-state index in [0.717, 1.165) is 25.0 Å². The van der Waals surface area contributed by atoms with E-state index in [1.54, 1.807) is 24.3 Å². The lowest BCUT2D eigenvalue weighted by atomic mass is 10.2. The molecule has 3 aromatic rings. The number of carbonyl (C=O) groups excluding carboxylic acids is 2. The van der Waals surface area contributed by atoms with Crippen molar-refractivity contribution in [3.05, 3.63) is 102 Å². The van der Waals surface area contributed by atoms with E-state index in [2.05, 4.69) is 60.9 Å². The summed E-state index contributed by atoms with van der Waals surface area (Å²) < 4.78 is 5.59. The zero-order chi connectivity index (χ0) is 23.7. The highest BCUT2D eigenvalue weighted by Crippen LogP contribution is 2.26. The highest BCUT2D eigenvalue weighted by Gasteiger charge is 2.23. The summed E-state index contributed by atoms with van der Waals surface area (Å²) >= 11 is 0. The quantitative estimate of drug-likeness (QED) is 0.380. The molecule has 174 valence electrons. The van der Waals surface area contributed by atoms with Gasteiger partial charge >= 0.3 is 0 Å². The molecule has 0 bridgehead atoms. The average molecular weight is 447 g/mol. The normalized spacial score (nSPS) is 11.6. The van der Waals surface area contributed by atoms with Gasteiger partial charge in [0.15, 0.2) is 0 Å². The van der Waals surface area contributed by atoms with E-state index in [0.29, 0.717) is 31.2 Å². The van der Waals surface area contributed by atoms with Gasteiger partial charge in [-0.15, -0.1) is 0 Å². The third kappa shape index (κ3) is 11.5. The first-order valence-electron chi connectivity index (χ1n) is 11.4. The van der Waals surface area contributed by atoms with Crippen LogP contribution < -0.4 is 15.4 Å². The van der Waals surface area contributed by atoms with Crippen LogP contribution in [0.5, 0.6) is 5.75 Å². The molecule has 0 aliphatic heterocycles. The van der Waals surface area contributed by atoms with Gasteiger partial charge in [-0.2, -0.15) is 0 Å². The maximum atomic E-state index is 11.7. The average Bonchev–Trinajstić information content (AvgIpc) is 3.68. The molecular weight excluding hydrogens is 412 g/mol. The van der Waals surface area contributed by atoms with Gasteiger partial charge in [-0.3, -0.25) is 9.59 Å². The second-order valence-corrected chi connectivity index (χ2v) is 7.66. The Labute approximate surface area is 197 Å². The van der Waals surface area contributed by atoms with Crippen LogP contribution in [0.4, 0.5) is 0 Å². The van der Waals surface area contributed by atoms with Crippen LogP contribution in [-0.4, -0.2) is 31.5 Å². The third-order valence-corrected chi connectivity index (χ3v) is 4.77. The number of amides is 2. The highest BCUT2D eigenvalue weighted by atomic mass is 16.5. The van der Waals surface area contributed by atoms with Crippen molar-refractivity contribution in [3.8, 4) is 5.75 Å². The zero-order valence-corrected chi connectivity index (χ0v) is 19.5. The molecule has 1 aliphatic carbocycles. The number of aryl methyl sites for hydroxylation is 2. The molecular formula is C28H34N2O3. The van der Waals surface area contributed by atoms with Gasteiger partial charge in [-0.05, 0) is 56.0 Å². The van der Waals surface area contributed by atoms with Crippen molar-refractivity contribution in [3.63, 3.8) is 0 Å². The van der Waals surface area contributed by atoms with Crippen LogP contribution in [-0.2, 0) is 11.2 Å². The van der Waals surface area contributed by atoms with Gasteiger partial charge in [0, 0.05) is 18.7 Å². The van der Waals surface area contributed by atoms with Gasteiger partial charge in [-0.1, -0.05) is 73.2 Å². The van der Waals surface area contributed by atoms with E-state index in [1.165, 1.54) is 11.1 Å². The summed E-state index contributed by atoms with van der Waals surface area (Å²) in [4.78, 5) is 21.7. The Balaban J connectivity index is 0.000000210. The summed E-state index contributed by atoms with van der Waals surface area (Å²) in [5.74, 6) is 0.650. The van der Waals surface area contributed by atoms with Crippen molar-refractivity contribution in [2.24, 2.45) is 0 Å². The minimum Gasteiger partial charge on any atom is -0.490 e. The number of ether oxygens (including phenoxy) is 1. The van der Waals surface area contributed by atoms with Crippen LogP contribution in [0.25, 0.3) is 0 Å². The van der Waals surface area contributed by atoms with Gasteiger partial charge in [-0.25, -0.2) is 0 Å². The number of hydrogen-bond donors (Lipinski definition) is 2. The van der Waals surface area contributed by atoms with Gasteiger partial charge in [0.05, 0.1) is 6.10 Å². The fraction of sp³-hybridized carbons (Fsp3) is 0.286. The molecule has 1 saturated carbocycles. The number of benzene rings is 3. The molecule has 0 spiro atoms. The van der Waals surface area contributed by atoms with E-state index in [9.17, 15) is 9.59 Å². The lowest BCUT2D eigenvalue weighted by molar-refractivity contribution is -0.109. The molecule has 0 radical (unpaired) electrons. The van der Waals surface area contributed by atoms with Crippen molar-refractivity contribution in [1.29, 1.82) is 0 Å². The largest absolute Gasteiger partial charge is 0.490 e. The van der Waals surface area contributed by atoms with E-state index in [1.807, 2.05) is 24.3 Å². The lowest BCUT2D eigenvalue weighted by Gasteiger charge is -2.07. The van der Waals surface area contributed by atoms with Crippen LogP contribution in [0.15, 0.2) is 84.9 Å². The van der Waals surface area contributed by atoms with E-state index in [-0.39, 0.29) is 5.91 Å². The monoisotopic (exact) mass is 446 g/mol. The van der Waals surface area contributed by atoms with Gasteiger partial charge < -0.3 is 15.4 Å². The Hall–Kier alpha value is -3.60. The Morgan fingerprint density at radius 2 is 1.52 bits per heavy atom. The summed E-state index contributed by atoms with van der Waals surface area (Å²) in [6.07, 6.45) is 4.34. The number of hydrogen-bond acceptors (Lipinski definition) is 3. The van der Waals surface area contributed by atoms with Crippen LogP contribution >= 0.6 is 0 Å². The number of nitrogens with one attached hydrogen (secondary N) is 2. The minimum absolute atomic E-state index is 0.152. The Kier molecular flexibility index (Phi) is 11.9. The summed E-state index contributed by atoms with van der Waals surface area (Å²) in [7, 11) is 0. The molecule has 0 saturated heterocycles. The predicted octanol–water partition coefficient (Wildman–Crippen LogP) is 4.95. The van der Waals surface area contributed by atoms with E-state index in [4.69, 9.17) is 4.74 Å². The molecule has 4 rings (SSSR count). The molecule has 3 aromatic carbocycles. The van der Waals surface area contributed by atoms with Crippen molar-refractivity contribution >= 4 is 12.3 Å². The summed E-state index contributed by atoms with van der Waals surface area (Å²) in [6.45, 7) is 5.09. The lowest BCUT2D eigenvalue weighted by Crippen LogP contribution is -2.31. The molecule has 1 fully saturated rings. The number of rotatable bonds is 8. The predicted molar refractivity (Wildman–Crippen MR) is 133 cm³/mol. The van der Waals surface area contributed by atoms with Crippen molar-refractivity contribution in [1.82, 2.24) is 10.6 Å². The van der Waals surface area contributed by atoms with Crippen LogP contribution in [0.2, 0.25) is 0 Å². The summed E-state index contributed by atoms with van der Waals surface area (Å²) in [5.41, 5.74) is 3.32. The second-order valence-electron chi connectivity index (χ2n) is 7.66. The second kappa shape index (κ2) is 15.2. The Bertz CT molecular complexity index is 924. The first-order valence-corrected chi connectivity index (χ1v) is 11.4. The molecule has 5 heteroatoms. The molecule has 33 heavy (non-hydrogen) atoms. The van der Waals surface area contributed by atoms with Crippen molar-refractivity contribution in [2.75, 3.05) is 13.1 Å². The SMILES string of the molecule is CCc1ccccc1.Cc1ccccc1.O=CNCCNC(=O)c1ccc(OC2CC2)cc1. The number of carbonyl (C=O) groups is 2. The fourth-order valence-corrected chi connectivity index (χ4v) is 2.72. The first-order chi connectivity index (χ1) is 16.1. The maximum Gasteiger partial charge on any atom is 0.251 e. The van der Waals surface area contributed by atoms with Crippen LogP contribution in [0.3, 0.4) is 0 Å². The fourth-order valence-electron chi connectivity index (χ4n) is 2.72. The summed E-state index contributed by atoms with van der Waals surface area (Å²) in [5, 5.41) is 5.18. The van der Waals surface area contributed by atoms with Crippen molar-refractivity contribution < 1.29 is 14.3 Å². The smallest absolute Gasteiger partial charge is 0.251 e. The topological polar surface area (TPSA) is 67.4 Å². The van der Waals surface area contributed by atoms with Gasteiger partial charge in [0.25, 0.3) is 5.91 Å². The first kappa shape index (κ1) is 25.7. The Morgan fingerprint density at radius 1 is 0.909 bits per heavy atom. The molecule has 0 heterocycles. The highest BCUT2D eigenvalue weighted by molar-refractivity contribution is 5.94. The molecule has 5 nitrogen and oxygen atoms in total. The van der Waals surface area contributed by atoms with Crippen LogP contribution in [0.1, 0.15) is 41.3 Å². The van der Waals surface area contributed by atoms with Gasteiger partial charge in [0.1, 0.15) is 5.75 Å². The molecule has 2 amide bonds. The molecule has 1 aliphatic rings. The van der Waals surface area contributed by atoms with Crippen molar-refractivity contribution in [2.45, 2.75) is 39.2 Å². The molecule has 0 atom stereocenters. The standard InChI is InChI=1S/C13H16N2O3.C8H10.C7H8/c16-9-14-7-8-15-13(17)10-1-3-11(4-2-10)18-12-5-6-12;1-2-8-6-4-3-5-7-8;1-7-5-3-2-4-6-7/h1-4,9,12H,5-8H2,(H,14,16)(H,15,17);3-7H,2H2,1H3;2-6H,1H3. The summed E-state index contributed by atoms with van der Waals surface area (Å²) in [6, 6.07) is 27.8. The third-order valence-electron chi connectivity index (χ3n) is 4.77. The zero-order valence-electron chi connectivity index (χ0n) is 19.5.